The van der Waals surface area contributed by atoms with Crippen LogP contribution in [0.25, 0.3) is 11.3 Å². The van der Waals surface area contributed by atoms with E-state index < -0.39 is 0 Å². The number of aromatic nitrogens is 3. The predicted octanol–water partition coefficient (Wildman–Crippen LogP) is 1.24. The number of nitrogens with one attached hydrogen (secondary N) is 1. The number of amides is 1. The maximum absolute atomic E-state index is 11.2. The lowest BCUT2D eigenvalue weighted by atomic mass is 10.1. The van der Waals surface area contributed by atoms with Gasteiger partial charge in [0.2, 0.25) is 5.91 Å². The van der Waals surface area contributed by atoms with E-state index in [0.717, 1.165) is 17.7 Å². The molecule has 1 saturated heterocycles. The van der Waals surface area contributed by atoms with Crippen LogP contribution in [0.4, 0.5) is 0 Å². The second-order valence-electron chi connectivity index (χ2n) is 5.20. The molecule has 3 rings (SSSR count). The molecule has 22 heavy (non-hydrogen) atoms. The highest BCUT2D eigenvalue weighted by Crippen LogP contribution is 2.31. The van der Waals surface area contributed by atoms with Crippen molar-refractivity contribution >= 4 is 5.91 Å². The SMILES string of the molecule is COc1ccc(-c2cn(C[C@@H]3CCC(=O)N3)nn2)cc1OC. The largest absolute Gasteiger partial charge is 0.493 e. The molecule has 1 atom stereocenters. The molecule has 1 aliphatic rings. The fourth-order valence-electron chi connectivity index (χ4n) is 2.56. The zero-order valence-corrected chi connectivity index (χ0v) is 12.6. The number of methoxy groups -OCH3 is 2. The third kappa shape index (κ3) is 2.88. The van der Waals surface area contributed by atoms with Crippen LogP contribution in [0.15, 0.2) is 24.4 Å². The molecule has 116 valence electrons. The first-order valence-corrected chi connectivity index (χ1v) is 7.11. The normalized spacial score (nSPS) is 17.4. The van der Waals surface area contributed by atoms with Crippen molar-refractivity contribution in [3.63, 3.8) is 0 Å². The number of carbonyl (C=O) groups excluding carboxylic acids is 1. The van der Waals surface area contributed by atoms with Crippen molar-refractivity contribution in [2.45, 2.75) is 25.4 Å². The second-order valence-corrected chi connectivity index (χ2v) is 5.20. The highest BCUT2D eigenvalue weighted by molar-refractivity contribution is 5.78. The molecular weight excluding hydrogens is 284 g/mol. The topological polar surface area (TPSA) is 78.3 Å². The lowest BCUT2D eigenvalue weighted by molar-refractivity contribution is -0.119. The number of ether oxygens (including phenoxy) is 2. The zero-order valence-electron chi connectivity index (χ0n) is 12.6. The van der Waals surface area contributed by atoms with Crippen LogP contribution in [0, 0.1) is 0 Å². The molecule has 1 aliphatic heterocycles. The van der Waals surface area contributed by atoms with Gasteiger partial charge >= 0.3 is 0 Å². The van der Waals surface area contributed by atoms with E-state index in [9.17, 15) is 4.79 Å². The van der Waals surface area contributed by atoms with E-state index in [1.807, 2.05) is 24.4 Å². The van der Waals surface area contributed by atoms with Crippen molar-refractivity contribution in [1.82, 2.24) is 20.3 Å². The molecule has 1 fully saturated rings. The fourth-order valence-corrected chi connectivity index (χ4v) is 2.56. The van der Waals surface area contributed by atoms with Crippen molar-refractivity contribution in [3.05, 3.63) is 24.4 Å². The van der Waals surface area contributed by atoms with E-state index in [1.165, 1.54) is 0 Å². The zero-order chi connectivity index (χ0) is 15.5. The average molecular weight is 302 g/mol. The van der Waals surface area contributed by atoms with E-state index in [2.05, 4.69) is 15.6 Å². The first kappa shape index (κ1) is 14.4. The Morgan fingerprint density at radius 3 is 2.82 bits per heavy atom. The molecule has 2 aromatic rings. The van der Waals surface area contributed by atoms with Gasteiger partial charge in [0.25, 0.3) is 0 Å². The number of benzene rings is 1. The summed E-state index contributed by atoms with van der Waals surface area (Å²) in [6, 6.07) is 5.74. The Morgan fingerprint density at radius 2 is 2.14 bits per heavy atom. The third-order valence-electron chi connectivity index (χ3n) is 3.71. The summed E-state index contributed by atoms with van der Waals surface area (Å²) < 4.78 is 12.3. The van der Waals surface area contributed by atoms with Gasteiger partial charge in [0.05, 0.1) is 27.0 Å². The summed E-state index contributed by atoms with van der Waals surface area (Å²) in [5.74, 6) is 1.43. The van der Waals surface area contributed by atoms with Crippen LogP contribution in [0.2, 0.25) is 0 Å². The maximum atomic E-state index is 11.2. The number of hydrogen-bond donors (Lipinski definition) is 1. The molecule has 0 bridgehead atoms. The van der Waals surface area contributed by atoms with Crippen LogP contribution < -0.4 is 14.8 Å². The van der Waals surface area contributed by atoms with Crippen molar-refractivity contribution in [1.29, 1.82) is 0 Å². The molecular formula is C15H18N4O3. The number of nitrogens with zero attached hydrogens (tertiary/aromatic N) is 3. The Kier molecular flexibility index (Phi) is 3.95. The minimum Gasteiger partial charge on any atom is -0.493 e. The molecule has 1 aromatic carbocycles. The van der Waals surface area contributed by atoms with Gasteiger partial charge < -0.3 is 14.8 Å². The first-order chi connectivity index (χ1) is 10.7. The van der Waals surface area contributed by atoms with Gasteiger partial charge in [-0.25, -0.2) is 4.68 Å². The van der Waals surface area contributed by atoms with Crippen LogP contribution in [0.5, 0.6) is 11.5 Å². The summed E-state index contributed by atoms with van der Waals surface area (Å²) in [6.45, 7) is 0.631. The summed E-state index contributed by atoms with van der Waals surface area (Å²) in [5.41, 5.74) is 1.66. The second kappa shape index (κ2) is 6.05. The van der Waals surface area contributed by atoms with Crippen molar-refractivity contribution in [3.8, 4) is 22.8 Å². The van der Waals surface area contributed by atoms with Crippen LogP contribution in [0.3, 0.4) is 0 Å². The van der Waals surface area contributed by atoms with Gasteiger partial charge in [-0.1, -0.05) is 5.21 Å². The summed E-state index contributed by atoms with van der Waals surface area (Å²) >= 11 is 0. The Balaban J connectivity index is 1.77. The van der Waals surface area contributed by atoms with Gasteiger partial charge in [-0.2, -0.15) is 0 Å². The van der Waals surface area contributed by atoms with Gasteiger partial charge in [-0.15, -0.1) is 5.10 Å². The summed E-state index contributed by atoms with van der Waals surface area (Å²) in [7, 11) is 3.20. The summed E-state index contributed by atoms with van der Waals surface area (Å²) in [4.78, 5) is 11.2. The van der Waals surface area contributed by atoms with E-state index in [0.29, 0.717) is 24.5 Å². The molecule has 0 spiro atoms. The molecule has 0 aliphatic carbocycles. The Labute approximate surface area is 128 Å². The van der Waals surface area contributed by atoms with Crippen LogP contribution >= 0.6 is 0 Å². The standard InChI is InChI=1S/C15H18N4O3/c1-21-13-5-3-10(7-14(13)22-2)12-9-19(18-17-12)8-11-4-6-15(20)16-11/h3,5,7,9,11H,4,6,8H2,1-2H3,(H,16,20)/t11-/m0/s1. The first-order valence-electron chi connectivity index (χ1n) is 7.11. The molecule has 0 radical (unpaired) electrons. The van der Waals surface area contributed by atoms with E-state index in [4.69, 9.17) is 9.47 Å². The van der Waals surface area contributed by atoms with Crippen molar-refractivity contribution < 1.29 is 14.3 Å². The number of rotatable bonds is 5. The molecule has 7 nitrogen and oxygen atoms in total. The average Bonchev–Trinajstić information content (AvgIpc) is 3.16. The minimum absolute atomic E-state index is 0.102. The smallest absolute Gasteiger partial charge is 0.220 e. The number of hydrogen-bond acceptors (Lipinski definition) is 5. The van der Waals surface area contributed by atoms with Gasteiger partial charge in [0.1, 0.15) is 5.69 Å². The quantitative estimate of drug-likeness (QED) is 0.899. The Bertz CT molecular complexity index is 683. The van der Waals surface area contributed by atoms with Gasteiger partial charge in [0, 0.05) is 18.0 Å². The van der Waals surface area contributed by atoms with E-state index in [-0.39, 0.29) is 11.9 Å². The summed E-state index contributed by atoms with van der Waals surface area (Å²) in [6.07, 6.45) is 3.29. The lowest BCUT2D eigenvalue weighted by Gasteiger charge is -2.09. The molecule has 0 unspecified atom stereocenters. The Hall–Kier alpha value is -2.57. The highest BCUT2D eigenvalue weighted by atomic mass is 16.5. The van der Waals surface area contributed by atoms with Gasteiger partial charge in [-0.3, -0.25) is 4.79 Å². The maximum Gasteiger partial charge on any atom is 0.220 e. The van der Waals surface area contributed by atoms with E-state index in [1.54, 1.807) is 18.9 Å². The van der Waals surface area contributed by atoms with Crippen LogP contribution in [0.1, 0.15) is 12.8 Å². The van der Waals surface area contributed by atoms with Gasteiger partial charge in [-0.05, 0) is 24.6 Å². The molecule has 2 heterocycles. The highest BCUT2D eigenvalue weighted by Gasteiger charge is 2.21. The van der Waals surface area contributed by atoms with E-state index >= 15 is 0 Å². The minimum atomic E-state index is 0.102. The lowest BCUT2D eigenvalue weighted by Crippen LogP contribution is -2.29. The van der Waals surface area contributed by atoms with Crippen molar-refractivity contribution in [2.75, 3.05) is 14.2 Å². The molecule has 7 heteroatoms. The Morgan fingerprint density at radius 1 is 1.32 bits per heavy atom. The van der Waals surface area contributed by atoms with Crippen LogP contribution in [-0.4, -0.2) is 41.2 Å². The fraction of sp³-hybridized carbons (Fsp3) is 0.400. The number of carbonyl (C=O) groups is 1. The molecule has 0 saturated carbocycles. The molecule has 1 aromatic heterocycles. The van der Waals surface area contributed by atoms with Gasteiger partial charge in [0.15, 0.2) is 11.5 Å². The molecule has 1 amide bonds. The van der Waals surface area contributed by atoms with Crippen LogP contribution in [-0.2, 0) is 11.3 Å². The predicted molar refractivity (Wildman–Crippen MR) is 79.7 cm³/mol. The molecule has 1 N–H and O–H groups in total. The monoisotopic (exact) mass is 302 g/mol. The summed E-state index contributed by atoms with van der Waals surface area (Å²) in [5, 5.41) is 11.2. The van der Waals surface area contributed by atoms with Crippen molar-refractivity contribution in [2.24, 2.45) is 0 Å². The third-order valence-corrected chi connectivity index (χ3v) is 3.71.